The van der Waals surface area contributed by atoms with Crippen LogP contribution in [-0.2, 0) is 14.6 Å². The van der Waals surface area contributed by atoms with Gasteiger partial charge in [-0.15, -0.1) is 0 Å². The first-order valence-electron chi connectivity index (χ1n) is 15.8. The van der Waals surface area contributed by atoms with Crippen molar-refractivity contribution in [2.24, 2.45) is 5.92 Å². The van der Waals surface area contributed by atoms with Crippen LogP contribution in [0.4, 0.5) is 0 Å². The van der Waals surface area contributed by atoms with E-state index < -0.39 is 10.4 Å². The van der Waals surface area contributed by atoms with Crippen LogP contribution in [-0.4, -0.2) is 19.6 Å². The zero-order valence-corrected chi connectivity index (χ0v) is 28.0. The maximum absolute atomic E-state index is 10.9. The van der Waals surface area contributed by atoms with Crippen LogP contribution in [0.1, 0.15) is 174 Å². The van der Waals surface area contributed by atoms with E-state index in [1.807, 2.05) is 0 Å². The van der Waals surface area contributed by atoms with Gasteiger partial charge in [-0.25, -0.2) is 8.42 Å². The van der Waals surface area contributed by atoms with Gasteiger partial charge < -0.3 is 4.55 Å². The van der Waals surface area contributed by atoms with Gasteiger partial charge in [0, 0.05) is 5.92 Å². The van der Waals surface area contributed by atoms with Gasteiger partial charge in [-0.3, -0.25) is 4.18 Å². The Labute approximate surface area is 254 Å². The zero-order chi connectivity index (χ0) is 26.6. The van der Waals surface area contributed by atoms with Gasteiger partial charge in [-0.2, -0.15) is 0 Å². The van der Waals surface area contributed by atoms with Crippen molar-refractivity contribution >= 4 is 10.4 Å². The molecule has 0 aromatic heterocycles. The molecule has 0 bridgehead atoms. The molecule has 0 radical (unpaired) electrons. The van der Waals surface area contributed by atoms with Crippen molar-refractivity contribution < 1.29 is 46.7 Å². The average molecular weight is 553 g/mol. The first-order chi connectivity index (χ1) is 17.5. The minimum absolute atomic E-state index is 0. The number of allylic oxidation sites excluding steroid dienone is 1. The van der Waals surface area contributed by atoms with E-state index in [1.165, 1.54) is 141 Å². The third-order valence-corrected chi connectivity index (χ3v) is 7.66. The smallest absolute Gasteiger partial charge is 0.726 e. The van der Waals surface area contributed by atoms with Crippen molar-refractivity contribution in [3.8, 4) is 0 Å². The Morgan fingerprint density at radius 2 is 0.946 bits per heavy atom. The third-order valence-electron chi connectivity index (χ3n) is 7.24. The topological polar surface area (TPSA) is 66.4 Å². The summed E-state index contributed by atoms with van der Waals surface area (Å²) in [5.74, 6) is 0.0182. The van der Waals surface area contributed by atoms with Crippen LogP contribution in [0.5, 0.6) is 0 Å². The Balaban J connectivity index is 0. The Hall–Kier alpha value is 0.610. The summed E-state index contributed by atoms with van der Waals surface area (Å²) < 4.78 is 37.3. The quantitative estimate of drug-likeness (QED) is 0.0318. The molecule has 37 heavy (non-hydrogen) atoms. The monoisotopic (exact) mass is 552 g/mol. The summed E-state index contributed by atoms with van der Waals surface area (Å²) in [4.78, 5) is 0. The molecule has 0 amide bonds. The first kappa shape index (κ1) is 39.8. The number of hydrogen-bond donors (Lipinski definition) is 0. The first-order valence-corrected chi connectivity index (χ1v) is 17.1. The molecule has 0 aromatic carbocycles. The molecule has 0 saturated heterocycles. The molecule has 6 heteroatoms. The van der Waals surface area contributed by atoms with E-state index in [4.69, 9.17) is 0 Å². The molecule has 0 saturated carbocycles. The molecule has 1 atom stereocenters. The fourth-order valence-corrected chi connectivity index (χ4v) is 5.21. The second kappa shape index (κ2) is 31.1. The molecule has 0 aliphatic rings. The Bertz CT molecular complexity index is 566. The minimum atomic E-state index is -4.62. The van der Waals surface area contributed by atoms with Gasteiger partial charge in [0.25, 0.3) is 0 Å². The van der Waals surface area contributed by atoms with Gasteiger partial charge >= 0.3 is 29.6 Å². The van der Waals surface area contributed by atoms with Crippen LogP contribution < -0.4 is 29.6 Å². The molecular formula is C31H61NaO4S. The molecule has 4 nitrogen and oxygen atoms in total. The predicted octanol–water partition coefficient (Wildman–Crippen LogP) is 7.43. The van der Waals surface area contributed by atoms with E-state index >= 15 is 0 Å². The van der Waals surface area contributed by atoms with Crippen molar-refractivity contribution in [2.45, 2.75) is 174 Å². The fraction of sp³-hybridized carbons (Fsp3) is 0.935. The van der Waals surface area contributed by atoms with Crippen LogP contribution in [0, 0.1) is 5.92 Å². The molecule has 0 heterocycles. The minimum Gasteiger partial charge on any atom is -0.726 e. The van der Waals surface area contributed by atoms with Crippen LogP contribution in [0.2, 0.25) is 0 Å². The molecular weight excluding hydrogens is 491 g/mol. The van der Waals surface area contributed by atoms with Gasteiger partial charge in [-0.1, -0.05) is 167 Å². The summed E-state index contributed by atoms with van der Waals surface area (Å²) in [6.07, 6.45) is 36.6. The molecule has 216 valence electrons. The van der Waals surface area contributed by atoms with Gasteiger partial charge in [0.2, 0.25) is 10.4 Å². The van der Waals surface area contributed by atoms with E-state index in [2.05, 4.69) is 30.2 Å². The Morgan fingerprint density at radius 1 is 0.595 bits per heavy atom. The predicted molar refractivity (Wildman–Crippen MR) is 155 cm³/mol. The van der Waals surface area contributed by atoms with E-state index in [1.54, 1.807) is 0 Å². The summed E-state index contributed by atoms with van der Waals surface area (Å²) in [7, 11) is -4.62. The van der Waals surface area contributed by atoms with Gasteiger partial charge in [0.15, 0.2) is 0 Å². The van der Waals surface area contributed by atoms with E-state index in [9.17, 15) is 13.0 Å². The summed E-state index contributed by atoms with van der Waals surface area (Å²) in [6, 6.07) is 0. The van der Waals surface area contributed by atoms with Crippen molar-refractivity contribution in [1.29, 1.82) is 0 Å². The standard InChI is InChI=1S/C31H62O4S.Na/c1-3-5-7-9-11-13-15-16-17-19-21-23-25-27-29-31(30-35-36(32,33)34)28-26-24-22-20-18-14-12-10-8-6-4-2;/h27,29,31H,3-26,28,30H2,1-2H3,(H,32,33,34);/q;+1/p-1/b29-27+;. The normalized spacial score (nSPS) is 12.7. The van der Waals surface area contributed by atoms with Crippen LogP contribution in [0.15, 0.2) is 12.2 Å². The van der Waals surface area contributed by atoms with Crippen LogP contribution in [0.3, 0.4) is 0 Å². The summed E-state index contributed by atoms with van der Waals surface area (Å²) in [5.41, 5.74) is 0. The zero-order valence-electron chi connectivity index (χ0n) is 25.2. The maximum atomic E-state index is 10.9. The number of hydrogen-bond acceptors (Lipinski definition) is 4. The van der Waals surface area contributed by atoms with Crippen molar-refractivity contribution in [3.63, 3.8) is 0 Å². The van der Waals surface area contributed by atoms with Crippen LogP contribution in [0.25, 0.3) is 0 Å². The molecule has 0 aromatic rings. The molecule has 0 fully saturated rings. The van der Waals surface area contributed by atoms with Gasteiger partial charge in [0.05, 0.1) is 6.61 Å². The van der Waals surface area contributed by atoms with E-state index in [0.717, 1.165) is 19.3 Å². The molecule has 0 aliphatic carbocycles. The summed E-state index contributed by atoms with van der Waals surface area (Å²) in [5, 5.41) is 0. The van der Waals surface area contributed by atoms with Crippen LogP contribution >= 0.6 is 0 Å². The number of unbranched alkanes of at least 4 members (excludes halogenated alkanes) is 22. The molecule has 0 spiro atoms. The van der Waals surface area contributed by atoms with Crippen molar-refractivity contribution in [1.82, 2.24) is 0 Å². The van der Waals surface area contributed by atoms with Gasteiger partial charge in [-0.05, 0) is 19.3 Å². The molecule has 0 N–H and O–H groups in total. The van der Waals surface area contributed by atoms with Gasteiger partial charge in [0.1, 0.15) is 0 Å². The largest absolute Gasteiger partial charge is 1.00 e. The second-order valence-corrected chi connectivity index (χ2v) is 11.9. The van der Waals surface area contributed by atoms with E-state index in [-0.39, 0.29) is 42.1 Å². The summed E-state index contributed by atoms with van der Waals surface area (Å²) >= 11 is 0. The van der Waals surface area contributed by atoms with Crippen molar-refractivity contribution in [2.75, 3.05) is 6.61 Å². The maximum Gasteiger partial charge on any atom is 1.00 e. The SMILES string of the molecule is CCCCCCCCCCCCCC/C=C/C(CCCCCCCCCCCCC)COS(=O)(=O)[O-].[Na+]. The fourth-order valence-electron chi connectivity index (χ4n) is 4.87. The second-order valence-electron chi connectivity index (χ2n) is 10.9. The summed E-state index contributed by atoms with van der Waals surface area (Å²) in [6.45, 7) is 4.51. The number of rotatable bonds is 29. The molecule has 0 aliphatic heterocycles. The van der Waals surface area contributed by atoms with E-state index in [0.29, 0.717) is 0 Å². The Kier molecular flexibility index (Phi) is 33.5. The average Bonchev–Trinajstić information content (AvgIpc) is 2.84. The molecule has 1 unspecified atom stereocenters. The Morgan fingerprint density at radius 3 is 1.32 bits per heavy atom. The third kappa shape index (κ3) is 34.6. The van der Waals surface area contributed by atoms with Crippen molar-refractivity contribution in [3.05, 3.63) is 12.2 Å². The molecule has 0 rings (SSSR count).